The van der Waals surface area contributed by atoms with Crippen LogP contribution < -0.4 is 4.72 Å². The van der Waals surface area contributed by atoms with Gasteiger partial charge in [-0.1, -0.05) is 48.0 Å². The summed E-state index contributed by atoms with van der Waals surface area (Å²) in [5.41, 5.74) is 1.20. The zero-order valence-electron chi connectivity index (χ0n) is 14.2. The Morgan fingerprint density at radius 1 is 1.27 bits per heavy atom. The molecule has 2 nitrogen and oxygen atoms in total. The van der Waals surface area contributed by atoms with Crippen LogP contribution in [0.4, 0.5) is 0 Å². The van der Waals surface area contributed by atoms with Crippen LogP contribution in [0.3, 0.4) is 0 Å². The minimum absolute atomic E-state index is 0.110. The molecule has 0 unspecified atom stereocenters. The maximum Gasteiger partial charge on any atom is 0.0973 e. The quantitative estimate of drug-likeness (QED) is 0.643. The molecule has 4 heteroatoms. The molecule has 124 valence electrons. The van der Waals surface area contributed by atoms with Gasteiger partial charge in [-0.25, -0.2) is 8.93 Å². The highest BCUT2D eigenvalue weighted by Crippen LogP contribution is 2.27. The van der Waals surface area contributed by atoms with Crippen LogP contribution in [0, 0.1) is 5.92 Å². The monoisotopic (exact) mass is 385 g/mol. The molecule has 0 saturated heterocycles. The third kappa shape index (κ3) is 5.98. The van der Waals surface area contributed by atoms with Gasteiger partial charge >= 0.3 is 0 Å². The normalized spacial score (nSPS) is 16.3. The summed E-state index contributed by atoms with van der Waals surface area (Å²) in [6.45, 7) is 14.4. The van der Waals surface area contributed by atoms with Gasteiger partial charge in [-0.3, -0.25) is 0 Å². The zero-order chi connectivity index (χ0) is 16.9. The summed E-state index contributed by atoms with van der Waals surface area (Å²) >= 11 is 3.47. The van der Waals surface area contributed by atoms with Crippen molar-refractivity contribution in [2.24, 2.45) is 5.92 Å². The van der Waals surface area contributed by atoms with E-state index in [0.29, 0.717) is 5.92 Å². The molecule has 3 atom stereocenters. The average Bonchev–Trinajstić information content (AvgIpc) is 2.39. The molecule has 0 amide bonds. The Kier molecular flexibility index (Phi) is 7.50. The molecule has 0 aromatic heterocycles. The first kappa shape index (κ1) is 19.6. The van der Waals surface area contributed by atoms with Crippen LogP contribution in [-0.2, 0) is 11.0 Å². The van der Waals surface area contributed by atoms with Crippen molar-refractivity contribution < 1.29 is 4.21 Å². The fourth-order valence-corrected chi connectivity index (χ4v) is 3.44. The standard InChI is InChI=1S/C18H28BrNOS/c1-7-16(14-8-10-15(19)11-9-14)17(12-13(2)3)20-22(21)18(4,5)6/h7-11,13,16-17,20H,1,12H2,2-6H3/t16-,17+,22-/m1/s1. The van der Waals surface area contributed by atoms with Gasteiger partial charge in [0, 0.05) is 16.4 Å². The van der Waals surface area contributed by atoms with Crippen LogP contribution in [0.2, 0.25) is 0 Å². The lowest BCUT2D eigenvalue weighted by Crippen LogP contribution is -2.43. The second kappa shape index (κ2) is 8.42. The molecule has 0 spiro atoms. The van der Waals surface area contributed by atoms with Crippen molar-refractivity contribution in [1.82, 2.24) is 4.72 Å². The SMILES string of the molecule is C=C[C@H](c1ccc(Br)cc1)[C@H](CC(C)C)N[S@](=O)C(C)(C)C. The first-order chi connectivity index (χ1) is 10.1. The van der Waals surface area contributed by atoms with Gasteiger partial charge in [0.2, 0.25) is 0 Å². The zero-order valence-corrected chi connectivity index (χ0v) is 16.6. The van der Waals surface area contributed by atoms with Crippen molar-refractivity contribution in [2.75, 3.05) is 0 Å². The molecule has 0 aliphatic heterocycles. The van der Waals surface area contributed by atoms with Gasteiger partial charge in [0.05, 0.1) is 15.7 Å². The van der Waals surface area contributed by atoms with E-state index >= 15 is 0 Å². The first-order valence-corrected chi connectivity index (χ1v) is 9.65. The lowest BCUT2D eigenvalue weighted by Gasteiger charge is -2.30. The van der Waals surface area contributed by atoms with E-state index in [1.165, 1.54) is 5.56 Å². The molecule has 0 saturated carbocycles. The van der Waals surface area contributed by atoms with Crippen LogP contribution in [0.5, 0.6) is 0 Å². The van der Waals surface area contributed by atoms with Gasteiger partial charge < -0.3 is 0 Å². The second-order valence-electron chi connectivity index (χ2n) is 7.05. The third-order valence-corrected chi connectivity index (χ3v) is 5.64. The molecule has 0 aliphatic rings. The number of nitrogens with one attached hydrogen (secondary N) is 1. The lowest BCUT2D eigenvalue weighted by molar-refractivity contribution is 0.440. The van der Waals surface area contributed by atoms with Crippen LogP contribution in [0.25, 0.3) is 0 Å². The van der Waals surface area contributed by atoms with Crippen molar-refractivity contribution in [2.45, 2.75) is 57.7 Å². The van der Waals surface area contributed by atoms with E-state index in [2.05, 4.69) is 53.2 Å². The Morgan fingerprint density at radius 2 is 1.82 bits per heavy atom. The highest BCUT2D eigenvalue weighted by Gasteiger charge is 2.27. The topological polar surface area (TPSA) is 29.1 Å². The Hall–Kier alpha value is -0.450. The molecule has 1 aromatic rings. The number of hydrogen-bond acceptors (Lipinski definition) is 1. The van der Waals surface area contributed by atoms with E-state index in [9.17, 15) is 4.21 Å². The van der Waals surface area contributed by atoms with E-state index in [1.54, 1.807) is 0 Å². The number of benzene rings is 1. The molecule has 0 radical (unpaired) electrons. The van der Waals surface area contributed by atoms with Crippen molar-refractivity contribution in [3.8, 4) is 0 Å². The lowest BCUT2D eigenvalue weighted by atomic mass is 9.87. The molecule has 0 heterocycles. The smallest absolute Gasteiger partial charge is 0.0973 e. The van der Waals surface area contributed by atoms with Gasteiger partial charge in [-0.15, -0.1) is 6.58 Å². The average molecular weight is 386 g/mol. The van der Waals surface area contributed by atoms with Crippen LogP contribution in [0.15, 0.2) is 41.4 Å². The van der Waals surface area contributed by atoms with Crippen molar-refractivity contribution in [1.29, 1.82) is 0 Å². The Labute approximate surface area is 146 Å². The summed E-state index contributed by atoms with van der Waals surface area (Å²) in [4.78, 5) is 0. The summed E-state index contributed by atoms with van der Waals surface area (Å²) in [5, 5.41) is 0. The fraction of sp³-hybridized carbons (Fsp3) is 0.556. The molecular weight excluding hydrogens is 358 g/mol. The van der Waals surface area contributed by atoms with E-state index in [0.717, 1.165) is 10.9 Å². The molecule has 1 N–H and O–H groups in total. The number of halogens is 1. The highest BCUT2D eigenvalue weighted by molar-refractivity contribution is 9.10. The molecule has 0 fully saturated rings. The molecule has 0 bridgehead atoms. The number of hydrogen-bond donors (Lipinski definition) is 1. The third-order valence-electron chi connectivity index (χ3n) is 3.48. The molecule has 1 rings (SSSR count). The molecule has 22 heavy (non-hydrogen) atoms. The van der Waals surface area contributed by atoms with Crippen molar-refractivity contribution in [3.05, 3.63) is 47.0 Å². The van der Waals surface area contributed by atoms with Crippen molar-refractivity contribution >= 4 is 26.9 Å². The van der Waals surface area contributed by atoms with Gasteiger partial charge in [0.25, 0.3) is 0 Å². The minimum Gasteiger partial charge on any atom is -0.242 e. The van der Waals surface area contributed by atoms with E-state index in [4.69, 9.17) is 0 Å². The molecular formula is C18H28BrNOS. The largest absolute Gasteiger partial charge is 0.242 e. The molecule has 0 aliphatic carbocycles. The Bertz CT molecular complexity index is 505. The summed E-state index contributed by atoms with van der Waals surface area (Å²) in [7, 11) is -1.09. The summed E-state index contributed by atoms with van der Waals surface area (Å²) in [5.74, 6) is 0.661. The van der Waals surface area contributed by atoms with E-state index < -0.39 is 11.0 Å². The summed E-state index contributed by atoms with van der Waals surface area (Å²) in [6.07, 6.45) is 2.91. The van der Waals surface area contributed by atoms with Crippen molar-refractivity contribution in [3.63, 3.8) is 0 Å². The van der Waals surface area contributed by atoms with Crippen LogP contribution >= 0.6 is 15.9 Å². The molecule has 1 aromatic carbocycles. The summed E-state index contributed by atoms with van der Waals surface area (Å²) < 4.78 is 16.6. The van der Waals surface area contributed by atoms with Crippen LogP contribution in [-0.4, -0.2) is 15.0 Å². The fourth-order valence-electron chi connectivity index (χ4n) is 2.31. The van der Waals surface area contributed by atoms with Gasteiger partial charge in [-0.05, 0) is 50.8 Å². The highest BCUT2D eigenvalue weighted by atomic mass is 79.9. The maximum atomic E-state index is 12.5. The van der Waals surface area contributed by atoms with Crippen LogP contribution in [0.1, 0.15) is 52.5 Å². The van der Waals surface area contributed by atoms with E-state index in [-0.39, 0.29) is 16.7 Å². The predicted octanol–water partition coefficient (Wildman–Crippen LogP) is 5.19. The van der Waals surface area contributed by atoms with Gasteiger partial charge in [-0.2, -0.15) is 0 Å². The van der Waals surface area contributed by atoms with E-state index in [1.807, 2.05) is 39.0 Å². The number of rotatable bonds is 7. The minimum atomic E-state index is -1.09. The first-order valence-electron chi connectivity index (χ1n) is 7.71. The Morgan fingerprint density at radius 3 is 2.23 bits per heavy atom. The van der Waals surface area contributed by atoms with Gasteiger partial charge in [0.1, 0.15) is 0 Å². The summed E-state index contributed by atoms with van der Waals surface area (Å²) in [6, 6.07) is 8.40. The maximum absolute atomic E-state index is 12.5. The van der Waals surface area contributed by atoms with Gasteiger partial charge in [0.15, 0.2) is 0 Å². The Balaban J connectivity index is 3.04. The second-order valence-corrected chi connectivity index (χ2v) is 9.96. The predicted molar refractivity (Wildman–Crippen MR) is 101 cm³/mol.